The van der Waals surface area contributed by atoms with Crippen molar-refractivity contribution in [3.8, 4) is 11.1 Å². The average molecular weight is 288 g/mol. The molecule has 0 bridgehead atoms. The van der Waals surface area contributed by atoms with Crippen molar-refractivity contribution < 1.29 is 4.52 Å². The summed E-state index contributed by atoms with van der Waals surface area (Å²) in [6, 6.07) is 3.77. The summed E-state index contributed by atoms with van der Waals surface area (Å²) in [7, 11) is 0. The summed E-state index contributed by atoms with van der Waals surface area (Å²) in [5.74, 6) is 0.298. The predicted octanol–water partition coefficient (Wildman–Crippen LogP) is 3.65. The Bertz CT molecular complexity index is 510. The zero-order chi connectivity index (χ0) is 11.0. The molecular weight excluding hydrogens is 279 g/mol. The molecule has 0 saturated carbocycles. The van der Waals surface area contributed by atoms with Crippen molar-refractivity contribution in [1.29, 1.82) is 0 Å². The first-order chi connectivity index (χ1) is 7.09. The van der Waals surface area contributed by atoms with Gasteiger partial charge >= 0.3 is 0 Å². The lowest BCUT2D eigenvalue weighted by molar-refractivity contribution is 0.436. The van der Waals surface area contributed by atoms with Crippen molar-refractivity contribution in [1.82, 2.24) is 5.16 Å². The van der Waals surface area contributed by atoms with Gasteiger partial charge in [-0.05, 0) is 30.2 Å². The van der Waals surface area contributed by atoms with E-state index < -0.39 is 0 Å². The highest BCUT2D eigenvalue weighted by Gasteiger charge is 2.12. The molecule has 0 atom stereocenters. The molecule has 0 aliphatic carbocycles. The number of anilines is 1. The van der Waals surface area contributed by atoms with Crippen molar-refractivity contribution in [2.45, 2.75) is 6.92 Å². The second-order valence-corrected chi connectivity index (χ2v) is 4.49. The number of hydrogen-bond acceptors (Lipinski definition) is 3. The largest absolute Gasteiger partial charge is 0.367 e. The van der Waals surface area contributed by atoms with Gasteiger partial charge in [-0.1, -0.05) is 32.7 Å². The molecule has 1 heterocycles. The van der Waals surface area contributed by atoms with Gasteiger partial charge in [0.1, 0.15) is 0 Å². The second-order valence-electron chi connectivity index (χ2n) is 3.16. The molecule has 78 valence electrons. The standard InChI is InChI=1S/C10H8BrClN2O/c1-5-7(2-6(11)3-9(5)12)8-4-14-15-10(8)13/h2-4H,13H2,1H3. The van der Waals surface area contributed by atoms with Gasteiger partial charge in [-0.3, -0.25) is 0 Å². The Labute approximate surface area is 100 Å². The van der Waals surface area contributed by atoms with E-state index in [1.807, 2.05) is 19.1 Å². The van der Waals surface area contributed by atoms with Crippen LogP contribution in [-0.2, 0) is 0 Å². The lowest BCUT2D eigenvalue weighted by Gasteiger charge is -2.06. The smallest absolute Gasteiger partial charge is 0.229 e. The minimum Gasteiger partial charge on any atom is -0.367 e. The van der Waals surface area contributed by atoms with Crippen molar-refractivity contribution in [3.05, 3.63) is 33.4 Å². The minimum absolute atomic E-state index is 0.298. The Morgan fingerprint density at radius 2 is 2.13 bits per heavy atom. The quantitative estimate of drug-likeness (QED) is 0.871. The Balaban J connectivity index is 2.68. The number of nitrogens with zero attached hydrogens (tertiary/aromatic N) is 1. The van der Waals surface area contributed by atoms with Crippen LogP contribution in [0.5, 0.6) is 0 Å². The Hall–Kier alpha value is -1.00. The Morgan fingerprint density at radius 1 is 1.40 bits per heavy atom. The topological polar surface area (TPSA) is 52.0 Å². The zero-order valence-corrected chi connectivity index (χ0v) is 10.3. The van der Waals surface area contributed by atoms with E-state index in [4.69, 9.17) is 21.9 Å². The van der Waals surface area contributed by atoms with Gasteiger partial charge in [-0.25, -0.2) is 0 Å². The van der Waals surface area contributed by atoms with Crippen molar-refractivity contribution in [3.63, 3.8) is 0 Å². The predicted molar refractivity (Wildman–Crippen MR) is 63.8 cm³/mol. The molecule has 2 rings (SSSR count). The maximum absolute atomic E-state index is 6.07. The van der Waals surface area contributed by atoms with Gasteiger partial charge in [0.25, 0.3) is 0 Å². The number of benzene rings is 1. The third-order valence-electron chi connectivity index (χ3n) is 2.20. The number of hydrogen-bond donors (Lipinski definition) is 1. The normalized spacial score (nSPS) is 10.6. The molecule has 15 heavy (non-hydrogen) atoms. The van der Waals surface area contributed by atoms with Crippen LogP contribution >= 0.6 is 27.5 Å². The van der Waals surface area contributed by atoms with Gasteiger partial charge in [0, 0.05) is 9.50 Å². The van der Waals surface area contributed by atoms with Crippen molar-refractivity contribution in [2.24, 2.45) is 0 Å². The second kappa shape index (κ2) is 3.87. The fourth-order valence-electron chi connectivity index (χ4n) is 1.38. The van der Waals surface area contributed by atoms with Crippen LogP contribution in [0.4, 0.5) is 5.88 Å². The molecule has 0 aliphatic rings. The molecule has 0 spiro atoms. The third kappa shape index (κ3) is 1.87. The summed E-state index contributed by atoms with van der Waals surface area (Å²) >= 11 is 9.45. The molecule has 3 nitrogen and oxygen atoms in total. The molecule has 0 radical (unpaired) electrons. The summed E-state index contributed by atoms with van der Waals surface area (Å²) in [5, 5.41) is 4.32. The van der Waals surface area contributed by atoms with Crippen LogP contribution in [0.1, 0.15) is 5.56 Å². The van der Waals surface area contributed by atoms with E-state index in [0.717, 1.165) is 21.2 Å². The molecule has 1 aromatic heterocycles. The van der Waals surface area contributed by atoms with Gasteiger partial charge in [0.2, 0.25) is 5.88 Å². The fourth-order valence-corrected chi connectivity index (χ4v) is 2.19. The molecule has 5 heteroatoms. The molecule has 2 N–H and O–H groups in total. The average Bonchev–Trinajstić information content (AvgIpc) is 2.58. The summed E-state index contributed by atoms with van der Waals surface area (Å²) in [4.78, 5) is 0. The van der Waals surface area contributed by atoms with Crippen LogP contribution in [0.2, 0.25) is 5.02 Å². The van der Waals surface area contributed by atoms with Crippen LogP contribution in [0.25, 0.3) is 11.1 Å². The first kappa shape index (κ1) is 10.5. The number of nitrogens with two attached hydrogens (primary N) is 1. The lowest BCUT2D eigenvalue weighted by atomic mass is 10.0. The summed E-state index contributed by atoms with van der Waals surface area (Å²) in [6.07, 6.45) is 1.58. The highest BCUT2D eigenvalue weighted by molar-refractivity contribution is 9.10. The van der Waals surface area contributed by atoms with E-state index in [0.29, 0.717) is 10.9 Å². The maximum Gasteiger partial charge on any atom is 0.229 e. The highest BCUT2D eigenvalue weighted by atomic mass is 79.9. The molecule has 0 fully saturated rings. The number of rotatable bonds is 1. The van der Waals surface area contributed by atoms with Gasteiger partial charge in [0.15, 0.2) is 0 Å². The number of halogens is 2. The maximum atomic E-state index is 6.07. The first-order valence-corrected chi connectivity index (χ1v) is 5.43. The number of nitrogen functional groups attached to an aromatic ring is 1. The molecule has 2 aromatic rings. The fraction of sp³-hybridized carbons (Fsp3) is 0.100. The molecular formula is C10H8BrClN2O. The van der Waals surface area contributed by atoms with Crippen molar-refractivity contribution >= 4 is 33.4 Å². The van der Waals surface area contributed by atoms with E-state index in [2.05, 4.69) is 21.1 Å². The van der Waals surface area contributed by atoms with Gasteiger partial charge in [0.05, 0.1) is 11.8 Å². The summed E-state index contributed by atoms with van der Waals surface area (Å²) in [5.41, 5.74) is 8.29. The zero-order valence-electron chi connectivity index (χ0n) is 7.92. The van der Waals surface area contributed by atoms with E-state index in [-0.39, 0.29) is 0 Å². The van der Waals surface area contributed by atoms with E-state index >= 15 is 0 Å². The monoisotopic (exact) mass is 286 g/mol. The van der Waals surface area contributed by atoms with Crippen LogP contribution in [0.3, 0.4) is 0 Å². The molecule has 0 aliphatic heterocycles. The highest BCUT2D eigenvalue weighted by Crippen LogP contribution is 2.34. The van der Waals surface area contributed by atoms with Gasteiger partial charge in [-0.2, -0.15) is 0 Å². The Kier molecular flexibility index (Phi) is 2.71. The Morgan fingerprint density at radius 3 is 2.73 bits per heavy atom. The lowest BCUT2D eigenvalue weighted by Crippen LogP contribution is -1.88. The molecule has 1 aromatic carbocycles. The van der Waals surface area contributed by atoms with Crippen LogP contribution in [-0.4, -0.2) is 5.16 Å². The van der Waals surface area contributed by atoms with Crippen LogP contribution in [0, 0.1) is 6.92 Å². The molecule has 0 saturated heterocycles. The molecule has 0 amide bonds. The van der Waals surface area contributed by atoms with Gasteiger partial charge < -0.3 is 10.3 Å². The van der Waals surface area contributed by atoms with E-state index in [9.17, 15) is 0 Å². The third-order valence-corrected chi connectivity index (χ3v) is 3.05. The van der Waals surface area contributed by atoms with E-state index in [1.165, 1.54) is 0 Å². The summed E-state index contributed by atoms with van der Waals surface area (Å²) < 4.78 is 5.72. The van der Waals surface area contributed by atoms with Crippen LogP contribution in [0.15, 0.2) is 27.3 Å². The molecule has 0 unspecified atom stereocenters. The summed E-state index contributed by atoms with van der Waals surface area (Å²) in [6.45, 7) is 1.93. The van der Waals surface area contributed by atoms with Crippen LogP contribution < -0.4 is 5.73 Å². The number of aromatic nitrogens is 1. The minimum atomic E-state index is 0.298. The van der Waals surface area contributed by atoms with Gasteiger partial charge in [-0.15, -0.1) is 0 Å². The SMILES string of the molecule is Cc1c(Cl)cc(Br)cc1-c1cnoc1N. The van der Waals surface area contributed by atoms with E-state index in [1.54, 1.807) is 6.20 Å². The first-order valence-electron chi connectivity index (χ1n) is 4.25. The van der Waals surface area contributed by atoms with Crippen molar-refractivity contribution in [2.75, 3.05) is 5.73 Å².